The molecule has 1 aromatic heterocycles. The quantitative estimate of drug-likeness (QED) is 0.859. The van der Waals surface area contributed by atoms with Crippen LogP contribution in [0.15, 0.2) is 10.9 Å². The van der Waals surface area contributed by atoms with Crippen molar-refractivity contribution in [1.82, 2.24) is 15.3 Å². The Morgan fingerprint density at radius 2 is 2.25 bits per heavy atom. The molecule has 2 aliphatic rings. The summed E-state index contributed by atoms with van der Waals surface area (Å²) >= 11 is 0. The zero-order valence-corrected chi connectivity index (χ0v) is 12.4. The lowest BCUT2D eigenvalue weighted by atomic mass is 9.85. The van der Waals surface area contributed by atoms with Crippen LogP contribution in [-0.2, 0) is 0 Å². The molecule has 5 heteroatoms. The van der Waals surface area contributed by atoms with Crippen molar-refractivity contribution < 1.29 is 0 Å². The number of H-pyrrole nitrogens is 1. The Hall–Kier alpha value is -1.36. The maximum atomic E-state index is 11.8. The molecule has 0 radical (unpaired) electrons. The molecule has 2 N–H and O–H groups in total. The molecule has 2 fully saturated rings. The molecule has 0 bridgehead atoms. The Balaban J connectivity index is 1.81. The highest BCUT2D eigenvalue weighted by Crippen LogP contribution is 2.27. The second-order valence-electron chi connectivity index (χ2n) is 6.34. The average Bonchev–Trinajstić information content (AvgIpc) is 2.46. The van der Waals surface area contributed by atoms with Crippen LogP contribution < -0.4 is 15.8 Å². The van der Waals surface area contributed by atoms with Gasteiger partial charge in [-0.3, -0.25) is 4.79 Å². The summed E-state index contributed by atoms with van der Waals surface area (Å²) in [4.78, 5) is 21.6. The van der Waals surface area contributed by atoms with Gasteiger partial charge < -0.3 is 15.2 Å². The summed E-state index contributed by atoms with van der Waals surface area (Å²) in [6.45, 7) is 7.27. The van der Waals surface area contributed by atoms with E-state index in [2.05, 4.69) is 34.0 Å². The van der Waals surface area contributed by atoms with Crippen LogP contribution in [0.25, 0.3) is 0 Å². The Kier molecular flexibility index (Phi) is 3.78. The predicted molar refractivity (Wildman–Crippen MR) is 80.3 cm³/mol. The van der Waals surface area contributed by atoms with Crippen LogP contribution in [0.5, 0.6) is 0 Å². The Morgan fingerprint density at radius 1 is 1.40 bits per heavy atom. The van der Waals surface area contributed by atoms with E-state index < -0.39 is 0 Å². The maximum absolute atomic E-state index is 11.8. The number of fused-ring (bicyclic) bond motifs is 1. The van der Waals surface area contributed by atoms with Gasteiger partial charge in [0.05, 0.1) is 0 Å². The molecule has 5 nitrogen and oxygen atoms in total. The van der Waals surface area contributed by atoms with Crippen LogP contribution in [0.4, 0.5) is 5.82 Å². The van der Waals surface area contributed by atoms with Gasteiger partial charge >= 0.3 is 0 Å². The molecule has 2 saturated heterocycles. The van der Waals surface area contributed by atoms with E-state index >= 15 is 0 Å². The second kappa shape index (κ2) is 5.56. The van der Waals surface area contributed by atoms with Gasteiger partial charge in [0.15, 0.2) is 0 Å². The van der Waals surface area contributed by atoms with E-state index in [1.165, 1.54) is 12.8 Å². The lowest BCUT2D eigenvalue weighted by Gasteiger charge is -2.42. The first-order chi connectivity index (χ1) is 9.63. The molecule has 0 saturated carbocycles. The van der Waals surface area contributed by atoms with Crippen LogP contribution in [0.3, 0.4) is 0 Å². The van der Waals surface area contributed by atoms with Crippen LogP contribution in [0, 0.1) is 5.92 Å². The van der Waals surface area contributed by atoms with Crippen LogP contribution in [0.2, 0.25) is 0 Å². The molecule has 3 rings (SSSR count). The third-order valence-electron chi connectivity index (χ3n) is 4.51. The zero-order valence-electron chi connectivity index (χ0n) is 12.4. The van der Waals surface area contributed by atoms with Crippen molar-refractivity contribution in [1.29, 1.82) is 0 Å². The van der Waals surface area contributed by atoms with Gasteiger partial charge in [-0.15, -0.1) is 0 Å². The number of nitrogens with zero attached hydrogens (tertiary/aromatic N) is 2. The molecule has 20 heavy (non-hydrogen) atoms. The highest BCUT2D eigenvalue weighted by molar-refractivity contribution is 5.38. The van der Waals surface area contributed by atoms with Crippen molar-refractivity contribution in [3.8, 4) is 0 Å². The van der Waals surface area contributed by atoms with Crippen LogP contribution in [-0.4, -0.2) is 35.6 Å². The zero-order chi connectivity index (χ0) is 14.1. The summed E-state index contributed by atoms with van der Waals surface area (Å²) in [5.41, 5.74) is -0.0393. The Morgan fingerprint density at radius 3 is 3.05 bits per heavy atom. The fraction of sp³-hybridized carbons (Fsp3) is 0.733. The number of aromatic amines is 1. The van der Waals surface area contributed by atoms with E-state index in [9.17, 15) is 4.79 Å². The summed E-state index contributed by atoms with van der Waals surface area (Å²) in [5, 5.41) is 3.62. The second-order valence-corrected chi connectivity index (χ2v) is 6.34. The van der Waals surface area contributed by atoms with Crippen LogP contribution >= 0.6 is 0 Å². The number of hydrogen-bond acceptors (Lipinski definition) is 4. The van der Waals surface area contributed by atoms with Gasteiger partial charge in [0, 0.05) is 31.1 Å². The monoisotopic (exact) mass is 276 g/mol. The van der Waals surface area contributed by atoms with E-state index in [0.29, 0.717) is 12.0 Å². The summed E-state index contributed by atoms with van der Waals surface area (Å²) in [5.74, 6) is 2.58. The maximum Gasteiger partial charge on any atom is 0.252 e. The van der Waals surface area contributed by atoms with Gasteiger partial charge in [-0.05, 0) is 31.7 Å². The number of anilines is 1. The molecule has 2 unspecified atom stereocenters. The SMILES string of the molecule is CC(C)c1nc(N2CCC3NCCCC3C2)cc(=O)[nH]1. The number of piperidine rings is 2. The third kappa shape index (κ3) is 2.73. The molecule has 0 spiro atoms. The predicted octanol–water partition coefficient (Wildman–Crippen LogP) is 1.47. The third-order valence-corrected chi connectivity index (χ3v) is 4.51. The highest BCUT2D eigenvalue weighted by Gasteiger charge is 2.31. The molecule has 3 heterocycles. The van der Waals surface area contributed by atoms with E-state index in [1.54, 1.807) is 6.07 Å². The Labute approximate surface area is 119 Å². The largest absolute Gasteiger partial charge is 0.356 e. The minimum atomic E-state index is -0.0393. The van der Waals surface area contributed by atoms with E-state index in [4.69, 9.17) is 0 Å². The fourth-order valence-electron chi connectivity index (χ4n) is 3.35. The topological polar surface area (TPSA) is 61.0 Å². The van der Waals surface area contributed by atoms with E-state index in [1.807, 2.05) is 0 Å². The summed E-state index contributed by atoms with van der Waals surface area (Å²) in [6.07, 6.45) is 3.69. The van der Waals surface area contributed by atoms with E-state index in [-0.39, 0.29) is 11.5 Å². The first-order valence-corrected chi connectivity index (χ1v) is 7.73. The lowest BCUT2D eigenvalue weighted by molar-refractivity contribution is 0.244. The van der Waals surface area contributed by atoms with Gasteiger partial charge in [-0.2, -0.15) is 0 Å². The summed E-state index contributed by atoms with van der Waals surface area (Å²) in [6, 6.07) is 2.30. The van der Waals surface area contributed by atoms with E-state index in [0.717, 1.165) is 37.7 Å². The minimum absolute atomic E-state index is 0.0393. The van der Waals surface area contributed by atoms with Crippen molar-refractivity contribution in [2.45, 2.75) is 45.1 Å². The van der Waals surface area contributed by atoms with Crippen molar-refractivity contribution in [3.05, 3.63) is 22.2 Å². The molecule has 0 aliphatic carbocycles. The lowest BCUT2D eigenvalue weighted by Crippen LogP contribution is -2.52. The van der Waals surface area contributed by atoms with Crippen molar-refractivity contribution in [2.75, 3.05) is 24.5 Å². The van der Waals surface area contributed by atoms with Crippen molar-refractivity contribution >= 4 is 5.82 Å². The van der Waals surface area contributed by atoms with Crippen molar-refractivity contribution in [2.24, 2.45) is 5.92 Å². The first-order valence-electron chi connectivity index (χ1n) is 7.73. The fourth-order valence-corrected chi connectivity index (χ4v) is 3.35. The molecule has 0 amide bonds. The number of rotatable bonds is 2. The number of nitrogens with one attached hydrogen (secondary N) is 2. The standard InChI is InChI=1S/C15H24N4O/c1-10(2)15-17-13(8-14(20)18-15)19-7-5-12-11(9-19)4-3-6-16-12/h8,10-12,16H,3-7,9H2,1-2H3,(H,17,18,20). The average molecular weight is 276 g/mol. The molecular formula is C15H24N4O. The molecule has 110 valence electrons. The number of aromatic nitrogens is 2. The molecular weight excluding hydrogens is 252 g/mol. The van der Waals surface area contributed by atoms with Gasteiger partial charge in [0.2, 0.25) is 0 Å². The molecule has 2 aliphatic heterocycles. The summed E-state index contributed by atoms with van der Waals surface area (Å²) in [7, 11) is 0. The van der Waals surface area contributed by atoms with Gasteiger partial charge in [0.1, 0.15) is 11.6 Å². The van der Waals surface area contributed by atoms with Gasteiger partial charge in [-0.1, -0.05) is 13.8 Å². The Bertz CT molecular complexity index is 525. The normalized spacial score (nSPS) is 26.6. The molecule has 1 aromatic rings. The summed E-state index contributed by atoms with van der Waals surface area (Å²) < 4.78 is 0. The first kappa shape index (κ1) is 13.6. The minimum Gasteiger partial charge on any atom is -0.356 e. The number of hydrogen-bond donors (Lipinski definition) is 2. The molecule has 0 aromatic carbocycles. The highest BCUT2D eigenvalue weighted by atomic mass is 16.1. The van der Waals surface area contributed by atoms with Crippen molar-refractivity contribution in [3.63, 3.8) is 0 Å². The smallest absolute Gasteiger partial charge is 0.252 e. The van der Waals surface area contributed by atoms with Crippen LogP contribution in [0.1, 0.15) is 44.9 Å². The molecule has 2 atom stereocenters. The van der Waals surface area contributed by atoms with Gasteiger partial charge in [0.25, 0.3) is 5.56 Å². The van der Waals surface area contributed by atoms with Gasteiger partial charge in [-0.25, -0.2) is 4.98 Å².